The highest BCUT2D eigenvalue weighted by molar-refractivity contribution is 6.31. The van der Waals surface area contributed by atoms with E-state index in [0.717, 1.165) is 59.8 Å². The van der Waals surface area contributed by atoms with E-state index < -0.39 is 0 Å². The number of anilines is 2. The number of benzene rings is 1. The fraction of sp³-hybridized carbons (Fsp3) is 0.385. The normalized spacial score (nSPS) is 22.0. The summed E-state index contributed by atoms with van der Waals surface area (Å²) in [6.45, 7) is 5.87. The molecule has 1 aliphatic carbocycles. The van der Waals surface area contributed by atoms with Crippen LogP contribution < -0.4 is 15.4 Å². The van der Waals surface area contributed by atoms with E-state index in [4.69, 9.17) is 21.1 Å². The Labute approximate surface area is 203 Å². The smallest absolute Gasteiger partial charge is 0.255 e. The predicted molar refractivity (Wildman–Crippen MR) is 131 cm³/mol. The quantitative estimate of drug-likeness (QED) is 0.458. The summed E-state index contributed by atoms with van der Waals surface area (Å²) in [5, 5.41) is 7.29. The van der Waals surface area contributed by atoms with E-state index >= 15 is 0 Å². The molecule has 6 rings (SSSR count). The number of amides is 1. The van der Waals surface area contributed by atoms with E-state index in [1.807, 2.05) is 31.2 Å². The number of ether oxygens (including phenoxy) is 2. The topological polar surface area (TPSA) is 88.3 Å². The maximum absolute atomic E-state index is 13.1. The van der Waals surface area contributed by atoms with E-state index in [2.05, 4.69) is 27.5 Å². The second kappa shape index (κ2) is 7.75. The Kier molecular flexibility index (Phi) is 4.90. The molecule has 34 heavy (non-hydrogen) atoms. The first kappa shape index (κ1) is 21.5. The van der Waals surface area contributed by atoms with Crippen LogP contribution in [0.5, 0.6) is 5.75 Å². The van der Waals surface area contributed by atoms with Gasteiger partial charge in [-0.2, -0.15) is 0 Å². The van der Waals surface area contributed by atoms with E-state index in [1.54, 1.807) is 12.4 Å². The Morgan fingerprint density at radius 1 is 1.26 bits per heavy atom. The van der Waals surface area contributed by atoms with Gasteiger partial charge >= 0.3 is 0 Å². The summed E-state index contributed by atoms with van der Waals surface area (Å²) in [7, 11) is 0. The predicted octanol–water partition coefficient (Wildman–Crippen LogP) is 5.11. The lowest BCUT2D eigenvalue weighted by atomic mass is 9.93. The Morgan fingerprint density at radius 3 is 2.82 bits per heavy atom. The summed E-state index contributed by atoms with van der Waals surface area (Å²) in [4.78, 5) is 21.1. The SMILES string of the molecule is Cc1c(Cl)cccc1Nc1c(-c2ccncc2OC[C@@]2(C)CCO2)[nH]c2c1C(=O)NCC21CC1. The van der Waals surface area contributed by atoms with Gasteiger partial charge in [0.1, 0.15) is 18.0 Å². The van der Waals surface area contributed by atoms with E-state index in [0.29, 0.717) is 29.5 Å². The van der Waals surface area contributed by atoms with Gasteiger partial charge in [-0.25, -0.2) is 0 Å². The molecule has 2 fully saturated rings. The maximum atomic E-state index is 13.1. The van der Waals surface area contributed by atoms with Crippen LogP contribution in [0.4, 0.5) is 11.4 Å². The number of halogens is 1. The van der Waals surface area contributed by atoms with Gasteiger partial charge in [0.15, 0.2) is 0 Å². The molecule has 1 saturated carbocycles. The summed E-state index contributed by atoms with van der Waals surface area (Å²) in [5.74, 6) is 0.568. The van der Waals surface area contributed by atoms with Gasteiger partial charge in [-0.1, -0.05) is 17.7 Å². The van der Waals surface area contributed by atoms with Gasteiger partial charge in [-0.3, -0.25) is 9.78 Å². The third-order valence-electron chi connectivity index (χ3n) is 7.39. The number of fused-ring (bicyclic) bond motifs is 2. The highest BCUT2D eigenvalue weighted by atomic mass is 35.5. The Bertz CT molecular complexity index is 1290. The molecular weight excluding hydrogens is 452 g/mol. The molecule has 8 heteroatoms. The molecule has 1 atom stereocenters. The fourth-order valence-corrected chi connectivity index (χ4v) is 5.00. The van der Waals surface area contributed by atoms with Gasteiger partial charge in [-0.05, 0) is 50.5 Å². The average Bonchev–Trinajstić information content (AvgIpc) is 3.49. The maximum Gasteiger partial charge on any atom is 0.255 e. The third kappa shape index (κ3) is 3.46. The fourth-order valence-electron chi connectivity index (χ4n) is 4.83. The molecule has 3 N–H and O–H groups in total. The van der Waals surface area contributed by atoms with E-state index in [-0.39, 0.29) is 16.9 Å². The molecule has 0 radical (unpaired) electrons. The van der Waals surface area contributed by atoms with Crippen LogP contribution in [0, 0.1) is 6.92 Å². The molecule has 4 heterocycles. The van der Waals surface area contributed by atoms with Crippen LogP contribution in [0.3, 0.4) is 0 Å². The zero-order valence-corrected chi connectivity index (χ0v) is 20.0. The van der Waals surface area contributed by atoms with E-state index in [9.17, 15) is 4.79 Å². The first-order valence-corrected chi connectivity index (χ1v) is 12.0. The number of nitrogens with zero attached hydrogens (tertiary/aromatic N) is 1. The molecule has 7 nitrogen and oxygen atoms in total. The van der Waals surface area contributed by atoms with Crippen molar-refractivity contribution >= 4 is 28.9 Å². The Balaban J connectivity index is 1.48. The number of pyridine rings is 1. The molecule has 1 amide bonds. The number of hydrogen-bond donors (Lipinski definition) is 3. The summed E-state index contributed by atoms with van der Waals surface area (Å²) in [5.41, 5.74) is 5.51. The number of aromatic amines is 1. The molecule has 3 aromatic rings. The van der Waals surface area contributed by atoms with Crippen LogP contribution in [0.15, 0.2) is 36.7 Å². The van der Waals surface area contributed by atoms with Crippen molar-refractivity contribution in [3.8, 4) is 17.0 Å². The van der Waals surface area contributed by atoms with Gasteiger partial charge in [0.05, 0.1) is 29.7 Å². The van der Waals surface area contributed by atoms with Gasteiger partial charge in [-0.15, -0.1) is 0 Å². The monoisotopic (exact) mass is 478 g/mol. The molecule has 1 aromatic carbocycles. The zero-order valence-electron chi connectivity index (χ0n) is 19.3. The van der Waals surface area contributed by atoms with Crippen molar-refractivity contribution in [3.63, 3.8) is 0 Å². The third-order valence-corrected chi connectivity index (χ3v) is 7.80. The van der Waals surface area contributed by atoms with Crippen LogP contribution in [0.25, 0.3) is 11.3 Å². The Morgan fingerprint density at radius 2 is 2.09 bits per heavy atom. The minimum absolute atomic E-state index is 0.0252. The largest absolute Gasteiger partial charge is 0.488 e. The molecule has 2 aromatic heterocycles. The lowest BCUT2D eigenvalue weighted by Crippen LogP contribution is -2.45. The van der Waals surface area contributed by atoms with Gasteiger partial charge < -0.3 is 25.1 Å². The number of aromatic nitrogens is 2. The van der Waals surface area contributed by atoms with Gasteiger partial charge in [0.25, 0.3) is 5.91 Å². The minimum Gasteiger partial charge on any atom is -0.488 e. The van der Waals surface area contributed by atoms with E-state index in [1.165, 1.54) is 0 Å². The second-order valence-corrected chi connectivity index (χ2v) is 10.2. The summed E-state index contributed by atoms with van der Waals surface area (Å²) in [6.07, 6.45) is 6.52. The highest BCUT2D eigenvalue weighted by Crippen LogP contribution is 2.54. The van der Waals surface area contributed by atoms with Crippen LogP contribution in [0.1, 0.15) is 47.8 Å². The number of hydrogen-bond acceptors (Lipinski definition) is 5. The molecule has 3 aliphatic rings. The van der Waals surface area contributed by atoms with Crippen LogP contribution >= 0.6 is 11.6 Å². The molecule has 1 saturated heterocycles. The minimum atomic E-state index is -0.279. The highest BCUT2D eigenvalue weighted by Gasteiger charge is 2.51. The molecular formula is C26H27ClN4O3. The van der Waals surface area contributed by atoms with Crippen molar-refractivity contribution < 1.29 is 14.3 Å². The van der Waals surface area contributed by atoms with Crippen LogP contribution in [0.2, 0.25) is 5.02 Å². The van der Waals surface area contributed by atoms with Gasteiger partial charge in [0, 0.05) is 46.5 Å². The molecule has 1 spiro atoms. The number of H-pyrrole nitrogens is 1. The molecule has 176 valence electrons. The summed E-state index contributed by atoms with van der Waals surface area (Å²) < 4.78 is 11.9. The van der Waals surface area contributed by atoms with Crippen molar-refractivity contribution in [3.05, 3.63) is 58.5 Å². The van der Waals surface area contributed by atoms with Crippen molar-refractivity contribution in [2.75, 3.05) is 25.1 Å². The number of carbonyl (C=O) groups excluding carboxylic acids is 1. The first-order valence-electron chi connectivity index (χ1n) is 11.7. The summed E-state index contributed by atoms with van der Waals surface area (Å²) in [6, 6.07) is 7.65. The summed E-state index contributed by atoms with van der Waals surface area (Å²) >= 11 is 6.40. The number of rotatable bonds is 6. The van der Waals surface area contributed by atoms with Crippen molar-refractivity contribution in [1.82, 2.24) is 15.3 Å². The first-order chi connectivity index (χ1) is 16.4. The van der Waals surface area contributed by atoms with Crippen molar-refractivity contribution in [1.29, 1.82) is 0 Å². The van der Waals surface area contributed by atoms with Crippen molar-refractivity contribution in [2.24, 2.45) is 0 Å². The standard InChI is InChI=1S/C26H27ClN4O3/c1-15-17(27)4-3-5-18(15)30-22-20-23(26(7-8-26)13-29-24(20)32)31-21(22)16-6-10-28-12-19(16)33-14-25(2)9-11-34-25/h3-6,10,12,30-31H,7-9,11,13-14H2,1-2H3,(H,29,32)/t25-/m1/s1. The zero-order chi connectivity index (χ0) is 23.5. The number of carbonyl (C=O) groups is 1. The van der Waals surface area contributed by atoms with Crippen molar-refractivity contribution in [2.45, 2.75) is 44.1 Å². The van der Waals surface area contributed by atoms with Gasteiger partial charge in [0.2, 0.25) is 0 Å². The Hall–Kier alpha value is -3.03. The molecule has 0 bridgehead atoms. The lowest BCUT2D eigenvalue weighted by molar-refractivity contribution is -0.152. The lowest BCUT2D eigenvalue weighted by Gasteiger charge is -2.38. The second-order valence-electron chi connectivity index (χ2n) is 9.83. The molecule has 2 aliphatic heterocycles. The average molecular weight is 479 g/mol. The molecule has 0 unspecified atom stereocenters. The van der Waals surface area contributed by atoms with Crippen LogP contribution in [-0.2, 0) is 10.2 Å². The van der Waals surface area contributed by atoms with Crippen LogP contribution in [-0.4, -0.2) is 41.2 Å². The number of nitrogens with one attached hydrogen (secondary N) is 3.